The minimum atomic E-state index is -1.11. The zero-order valence-corrected chi connectivity index (χ0v) is 11.3. The zero-order chi connectivity index (χ0) is 13.1. The first-order valence-electron chi connectivity index (χ1n) is 4.99. The number of aromatic nitrogens is 1. The molecule has 1 heterocycles. The van der Waals surface area contributed by atoms with Crippen LogP contribution in [0.4, 0.5) is 5.69 Å². The van der Waals surface area contributed by atoms with Crippen LogP contribution >= 0.6 is 22.6 Å². The number of anilines is 1. The van der Waals surface area contributed by atoms with Crippen LogP contribution in [-0.4, -0.2) is 16.1 Å². The van der Waals surface area contributed by atoms with Gasteiger partial charge in [0.1, 0.15) is 5.75 Å². The molecule has 2 rings (SSSR count). The van der Waals surface area contributed by atoms with Crippen molar-refractivity contribution in [2.24, 2.45) is 0 Å². The fourth-order valence-corrected chi connectivity index (χ4v) is 1.83. The van der Waals surface area contributed by atoms with E-state index in [1.54, 1.807) is 6.07 Å². The number of nitrogens with two attached hydrogens (primary N) is 1. The molecule has 6 heteroatoms. The lowest BCUT2D eigenvalue weighted by atomic mass is 10.2. The summed E-state index contributed by atoms with van der Waals surface area (Å²) in [6.07, 6.45) is 1.27. The van der Waals surface area contributed by atoms with Crippen LogP contribution in [0.2, 0.25) is 0 Å². The molecule has 1 aromatic carbocycles. The number of hydrogen-bond acceptors (Lipinski definition) is 4. The smallest absolute Gasteiger partial charge is 0.338 e. The quantitative estimate of drug-likeness (QED) is 0.826. The third kappa shape index (κ3) is 2.70. The number of pyridine rings is 1. The fourth-order valence-electron chi connectivity index (χ4n) is 1.33. The van der Waals surface area contributed by atoms with E-state index in [2.05, 4.69) is 27.6 Å². The maximum absolute atomic E-state index is 10.9. The van der Waals surface area contributed by atoms with Gasteiger partial charge in [-0.05, 0) is 34.7 Å². The largest absolute Gasteiger partial charge is 0.478 e. The topological polar surface area (TPSA) is 85.4 Å². The molecule has 0 atom stereocenters. The predicted molar refractivity (Wildman–Crippen MR) is 74.8 cm³/mol. The number of ether oxygens (including phenoxy) is 1. The van der Waals surface area contributed by atoms with Gasteiger partial charge in [-0.3, -0.25) is 0 Å². The van der Waals surface area contributed by atoms with Crippen LogP contribution in [0.25, 0.3) is 0 Å². The minimum absolute atomic E-state index is 0.0223. The zero-order valence-electron chi connectivity index (χ0n) is 9.13. The van der Waals surface area contributed by atoms with E-state index in [4.69, 9.17) is 15.6 Å². The van der Waals surface area contributed by atoms with E-state index >= 15 is 0 Å². The van der Waals surface area contributed by atoms with E-state index < -0.39 is 5.97 Å². The lowest BCUT2D eigenvalue weighted by Crippen LogP contribution is -2.03. The van der Waals surface area contributed by atoms with Gasteiger partial charge in [0.15, 0.2) is 0 Å². The molecule has 5 nitrogen and oxygen atoms in total. The highest BCUT2D eigenvalue weighted by atomic mass is 127. The van der Waals surface area contributed by atoms with E-state index in [0.29, 0.717) is 5.75 Å². The summed E-state index contributed by atoms with van der Waals surface area (Å²) >= 11 is 2.12. The summed E-state index contributed by atoms with van der Waals surface area (Å²) in [6.45, 7) is 0. The molecule has 0 aliphatic heterocycles. The molecule has 0 spiro atoms. The highest BCUT2D eigenvalue weighted by Gasteiger charge is 2.11. The summed E-state index contributed by atoms with van der Waals surface area (Å²) in [5.41, 5.74) is 5.60. The number of hydrogen-bond donors (Lipinski definition) is 2. The Labute approximate surface area is 117 Å². The van der Waals surface area contributed by atoms with Crippen molar-refractivity contribution in [3.05, 3.63) is 45.7 Å². The molecule has 0 aliphatic carbocycles. The number of nitrogens with zero attached hydrogens (tertiary/aromatic N) is 1. The Morgan fingerprint density at radius 2 is 2.11 bits per heavy atom. The lowest BCUT2D eigenvalue weighted by Gasteiger charge is -2.08. The molecule has 3 N–H and O–H groups in total. The van der Waals surface area contributed by atoms with Gasteiger partial charge in [0.05, 0.1) is 21.0 Å². The summed E-state index contributed by atoms with van der Waals surface area (Å²) in [7, 11) is 0. The molecule has 0 aliphatic rings. The lowest BCUT2D eigenvalue weighted by molar-refractivity contribution is 0.0697. The van der Waals surface area contributed by atoms with Crippen LogP contribution in [0, 0.1) is 3.57 Å². The number of halogens is 1. The van der Waals surface area contributed by atoms with Crippen LogP contribution in [-0.2, 0) is 0 Å². The SMILES string of the molecule is Nc1cnc(Oc2ccccc2I)cc1C(=O)O. The highest BCUT2D eigenvalue weighted by molar-refractivity contribution is 14.1. The van der Waals surface area contributed by atoms with Crippen molar-refractivity contribution in [1.29, 1.82) is 0 Å². The van der Waals surface area contributed by atoms with Gasteiger partial charge in [-0.1, -0.05) is 12.1 Å². The number of nitrogen functional groups attached to an aromatic ring is 1. The van der Waals surface area contributed by atoms with Crippen LogP contribution in [0.1, 0.15) is 10.4 Å². The van der Waals surface area contributed by atoms with Crippen molar-refractivity contribution in [1.82, 2.24) is 4.98 Å². The van der Waals surface area contributed by atoms with Gasteiger partial charge < -0.3 is 15.6 Å². The van der Waals surface area contributed by atoms with Gasteiger partial charge in [-0.15, -0.1) is 0 Å². The van der Waals surface area contributed by atoms with E-state index in [1.807, 2.05) is 18.2 Å². The van der Waals surface area contributed by atoms with Crippen LogP contribution in [0.5, 0.6) is 11.6 Å². The Balaban J connectivity index is 2.33. The molecule has 0 amide bonds. The minimum Gasteiger partial charge on any atom is -0.478 e. The third-order valence-electron chi connectivity index (χ3n) is 2.19. The molecular formula is C12H9IN2O3. The summed E-state index contributed by atoms with van der Waals surface area (Å²) < 4.78 is 6.43. The summed E-state index contributed by atoms with van der Waals surface area (Å²) in [5.74, 6) is -0.292. The second-order valence-electron chi connectivity index (χ2n) is 3.45. The molecule has 2 aromatic rings. The number of aromatic carboxylic acids is 1. The third-order valence-corrected chi connectivity index (χ3v) is 3.08. The Bertz CT molecular complexity index is 602. The molecule has 1 aromatic heterocycles. The van der Waals surface area contributed by atoms with Gasteiger partial charge in [-0.2, -0.15) is 0 Å². The van der Waals surface area contributed by atoms with Crippen molar-refractivity contribution in [2.45, 2.75) is 0 Å². The van der Waals surface area contributed by atoms with Gasteiger partial charge in [0.25, 0.3) is 0 Å². The summed E-state index contributed by atoms with van der Waals surface area (Å²) in [5, 5.41) is 8.95. The number of rotatable bonds is 3. The maximum atomic E-state index is 10.9. The monoisotopic (exact) mass is 356 g/mol. The average Bonchev–Trinajstić information content (AvgIpc) is 2.34. The molecule has 0 bridgehead atoms. The Morgan fingerprint density at radius 3 is 2.78 bits per heavy atom. The number of benzene rings is 1. The number of carboxylic acids is 1. The van der Waals surface area contributed by atoms with Crippen molar-refractivity contribution in [3.8, 4) is 11.6 Å². The van der Waals surface area contributed by atoms with Gasteiger partial charge >= 0.3 is 5.97 Å². The standard InChI is InChI=1S/C12H9IN2O3/c13-8-3-1-2-4-10(8)18-11-5-7(12(16)17)9(14)6-15-11/h1-6H,14H2,(H,16,17). The molecule has 92 valence electrons. The van der Waals surface area contributed by atoms with Crippen LogP contribution in [0.15, 0.2) is 36.5 Å². The van der Waals surface area contributed by atoms with Gasteiger partial charge in [0, 0.05) is 6.07 Å². The predicted octanol–water partition coefficient (Wildman–Crippen LogP) is 2.76. The normalized spacial score (nSPS) is 10.1. The Kier molecular flexibility index (Phi) is 3.66. The summed E-state index contributed by atoms with van der Waals surface area (Å²) in [4.78, 5) is 14.9. The molecule has 18 heavy (non-hydrogen) atoms. The van der Waals surface area contributed by atoms with Gasteiger partial charge in [-0.25, -0.2) is 9.78 Å². The van der Waals surface area contributed by atoms with Crippen molar-refractivity contribution in [2.75, 3.05) is 5.73 Å². The molecule has 0 radical (unpaired) electrons. The Hall–Kier alpha value is -1.83. The second-order valence-corrected chi connectivity index (χ2v) is 4.61. The molecule has 0 fully saturated rings. The van der Waals surface area contributed by atoms with E-state index in [-0.39, 0.29) is 17.1 Å². The van der Waals surface area contributed by atoms with E-state index in [9.17, 15) is 4.79 Å². The first-order valence-corrected chi connectivity index (χ1v) is 6.07. The van der Waals surface area contributed by atoms with Crippen molar-refractivity contribution in [3.63, 3.8) is 0 Å². The number of carboxylic acid groups (broad SMARTS) is 1. The second kappa shape index (κ2) is 5.21. The highest BCUT2D eigenvalue weighted by Crippen LogP contribution is 2.26. The fraction of sp³-hybridized carbons (Fsp3) is 0. The van der Waals surface area contributed by atoms with Crippen LogP contribution in [0.3, 0.4) is 0 Å². The Morgan fingerprint density at radius 1 is 1.39 bits per heavy atom. The maximum Gasteiger partial charge on any atom is 0.338 e. The first kappa shape index (κ1) is 12.6. The van der Waals surface area contributed by atoms with E-state index in [0.717, 1.165) is 3.57 Å². The molecular weight excluding hydrogens is 347 g/mol. The average molecular weight is 356 g/mol. The summed E-state index contributed by atoms with van der Waals surface area (Å²) in [6, 6.07) is 8.67. The van der Waals surface area contributed by atoms with Crippen LogP contribution < -0.4 is 10.5 Å². The van der Waals surface area contributed by atoms with Gasteiger partial charge in [0.2, 0.25) is 5.88 Å². The first-order chi connectivity index (χ1) is 8.58. The van der Waals surface area contributed by atoms with Crippen molar-refractivity contribution >= 4 is 34.2 Å². The molecule has 0 unspecified atom stereocenters. The molecule has 0 saturated heterocycles. The number of carbonyl (C=O) groups is 1. The molecule has 0 saturated carbocycles. The number of para-hydroxylation sites is 1. The van der Waals surface area contributed by atoms with Crippen molar-refractivity contribution < 1.29 is 14.6 Å². The van der Waals surface area contributed by atoms with E-state index in [1.165, 1.54) is 12.3 Å².